The fourth-order valence-electron chi connectivity index (χ4n) is 1.46. The highest BCUT2D eigenvalue weighted by Gasteiger charge is 2.19. The van der Waals surface area contributed by atoms with Crippen LogP contribution >= 0.6 is 43.2 Å². The van der Waals surface area contributed by atoms with Gasteiger partial charge in [-0.15, -0.1) is 16.0 Å². The second-order valence-corrected chi connectivity index (χ2v) is 14.3. The predicted octanol–water partition coefficient (Wildman–Crippen LogP) is 3.66. The van der Waals surface area contributed by atoms with E-state index in [4.69, 9.17) is 4.74 Å². The maximum atomic E-state index is 5.67. The van der Waals surface area contributed by atoms with Crippen molar-refractivity contribution in [2.75, 3.05) is 6.61 Å². The zero-order valence-electron chi connectivity index (χ0n) is 11.6. The Labute approximate surface area is 140 Å². The number of H-pyrrole nitrogens is 1. The summed E-state index contributed by atoms with van der Waals surface area (Å²) in [4.78, 5) is 9.57. The molecule has 0 atom stereocenters. The molecule has 0 amide bonds. The number of nitrogens with one attached hydrogen (secondary N) is 1. The maximum absolute atomic E-state index is 5.67. The minimum atomic E-state index is -1.03. The van der Waals surface area contributed by atoms with Crippen molar-refractivity contribution in [3.05, 3.63) is 14.8 Å². The number of hydrogen-bond acceptors (Lipinski definition) is 4. The van der Waals surface area contributed by atoms with Gasteiger partial charge in [0.15, 0.2) is 3.92 Å². The van der Waals surface area contributed by atoms with Crippen LogP contribution in [0.5, 0.6) is 0 Å². The summed E-state index contributed by atoms with van der Waals surface area (Å²) in [6, 6.07) is 1.17. The molecule has 0 aliphatic heterocycles. The first-order valence-electron chi connectivity index (χ1n) is 6.19. The van der Waals surface area contributed by atoms with Gasteiger partial charge in [-0.25, -0.2) is 4.98 Å². The van der Waals surface area contributed by atoms with Crippen molar-refractivity contribution in [1.29, 1.82) is 0 Å². The first kappa shape index (κ1) is 16.3. The van der Waals surface area contributed by atoms with Crippen LogP contribution in [0.4, 0.5) is 0 Å². The van der Waals surface area contributed by atoms with Gasteiger partial charge >= 0.3 is 6.33 Å². The molecule has 110 valence electrons. The van der Waals surface area contributed by atoms with E-state index in [0.29, 0.717) is 6.73 Å². The van der Waals surface area contributed by atoms with Gasteiger partial charge in [-0.05, 0) is 42.9 Å². The Balaban J connectivity index is 1.91. The van der Waals surface area contributed by atoms with Crippen LogP contribution in [0.3, 0.4) is 0 Å². The molecule has 2 rings (SSSR count). The van der Waals surface area contributed by atoms with Crippen molar-refractivity contribution >= 4 is 51.3 Å². The molecular weight excluding hydrogens is 424 g/mol. The Morgan fingerprint density at radius 3 is 2.75 bits per heavy atom. The summed E-state index contributed by atoms with van der Waals surface area (Å²) in [5, 5.41) is 3.19. The Bertz CT molecular complexity index is 581. The van der Waals surface area contributed by atoms with Gasteiger partial charge in [-0.3, -0.25) is 0 Å². The predicted molar refractivity (Wildman–Crippen MR) is 89.4 cm³/mol. The number of thiazole rings is 1. The van der Waals surface area contributed by atoms with Crippen molar-refractivity contribution in [1.82, 2.24) is 15.1 Å². The van der Waals surface area contributed by atoms with E-state index in [9.17, 15) is 0 Å². The smallest absolute Gasteiger partial charge is 0.309 e. The van der Waals surface area contributed by atoms with Crippen molar-refractivity contribution in [2.24, 2.45) is 0 Å². The zero-order chi connectivity index (χ0) is 14.8. The Morgan fingerprint density at radius 1 is 1.40 bits per heavy atom. The molecule has 2 aromatic heterocycles. The highest BCUT2D eigenvalue weighted by molar-refractivity contribution is 9.11. The molecule has 0 saturated heterocycles. The van der Waals surface area contributed by atoms with E-state index in [1.807, 2.05) is 4.68 Å². The lowest BCUT2D eigenvalue weighted by Crippen LogP contribution is -2.37. The molecule has 0 aliphatic carbocycles. The third kappa shape index (κ3) is 4.73. The standard InChI is InChI=1S/C11H16Br2N4OSSi/c1-20(2,3)5-4-18-7-17-6-14-10(16-17)8-9(12)15-11(13)19-8/h6H,4-5,7H2,1-3H3/p+1. The summed E-state index contributed by atoms with van der Waals surface area (Å²) >= 11 is 8.32. The van der Waals surface area contributed by atoms with E-state index in [1.54, 1.807) is 6.33 Å². The topological polar surface area (TPSA) is 54.7 Å². The third-order valence-electron chi connectivity index (χ3n) is 2.58. The lowest BCUT2D eigenvalue weighted by Gasteiger charge is -2.14. The van der Waals surface area contributed by atoms with Crippen LogP contribution in [0.25, 0.3) is 10.7 Å². The molecule has 5 nitrogen and oxygen atoms in total. The number of aromatic amines is 1. The van der Waals surface area contributed by atoms with Crippen molar-refractivity contribution in [3.63, 3.8) is 0 Å². The molecule has 0 radical (unpaired) electrons. The normalized spacial score (nSPS) is 12.1. The summed E-state index contributed by atoms with van der Waals surface area (Å²) < 4.78 is 9.12. The molecule has 2 heterocycles. The molecule has 0 bridgehead atoms. The second-order valence-electron chi connectivity index (χ2n) is 5.61. The van der Waals surface area contributed by atoms with Crippen LogP contribution in [0.1, 0.15) is 0 Å². The van der Waals surface area contributed by atoms with Gasteiger partial charge in [0.25, 0.3) is 5.82 Å². The molecule has 0 spiro atoms. The molecule has 0 aromatic carbocycles. The molecule has 0 aliphatic rings. The van der Waals surface area contributed by atoms with Crippen LogP contribution in [-0.4, -0.2) is 29.7 Å². The van der Waals surface area contributed by atoms with Crippen LogP contribution < -0.4 is 4.68 Å². The van der Waals surface area contributed by atoms with Gasteiger partial charge < -0.3 is 4.74 Å². The number of ether oxygens (including phenoxy) is 1. The average molecular weight is 441 g/mol. The van der Waals surface area contributed by atoms with Crippen molar-refractivity contribution in [2.45, 2.75) is 32.4 Å². The SMILES string of the molecule is C[Si](C)(C)CCOC[n+]1cnc(-c2sc(Br)nc2Br)[nH]1. The minimum Gasteiger partial charge on any atom is -0.341 e. The van der Waals surface area contributed by atoms with Gasteiger partial charge in [-0.2, -0.15) is 5.10 Å². The number of hydrogen-bond donors (Lipinski definition) is 1. The first-order valence-corrected chi connectivity index (χ1v) is 12.3. The lowest BCUT2D eigenvalue weighted by molar-refractivity contribution is -0.782. The van der Waals surface area contributed by atoms with E-state index < -0.39 is 8.07 Å². The lowest BCUT2D eigenvalue weighted by atomic mass is 10.5. The Kier molecular flexibility index (Phi) is 5.52. The highest BCUT2D eigenvalue weighted by Crippen LogP contribution is 2.33. The van der Waals surface area contributed by atoms with Crippen LogP contribution in [0.2, 0.25) is 25.7 Å². The third-order valence-corrected chi connectivity index (χ3v) is 6.63. The average Bonchev–Trinajstić information content (AvgIpc) is 2.90. The van der Waals surface area contributed by atoms with E-state index in [2.05, 4.69) is 66.6 Å². The van der Waals surface area contributed by atoms with E-state index in [0.717, 1.165) is 25.8 Å². The maximum Gasteiger partial charge on any atom is 0.309 e. The molecule has 2 aromatic rings. The summed E-state index contributed by atoms with van der Waals surface area (Å²) in [5.74, 6) is 0.786. The summed E-state index contributed by atoms with van der Waals surface area (Å²) in [5.41, 5.74) is 0. The van der Waals surface area contributed by atoms with Crippen LogP contribution in [-0.2, 0) is 11.5 Å². The number of aromatic nitrogens is 4. The fourth-order valence-corrected chi connectivity index (χ4v) is 4.47. The van der Waals surface area contributed by atoms with Crippen molar-refractivity contribution < 1.29 is 9.42 Å². The quantitative estimate of drug-likeness (QED) is 0.423. The summed E-state index contributed by atoms with van der Waals surface area (Å²) in [7, 11) is -1.03. The minimum absolute atomic E-state index is 0.495. The molecule has 20 heavy (non-hydrogen) atoms. The van der Waals surface area contributed by atoms with E-state index in [-0.39, 0.29) is 0 Å². The fraction of sp³-hybridized carbons (Fsp3) is 0.545. The summed E-state index contributed by atoms with van der Waals surface area (Å²) in [6.07, 6.45) is 1.74. The second kappa shape index (κ2) is 6.78. The number of rotatable bonds is 6. The molecule has 1 N–H and O–H groups in total. The number of halogens is 2. The van der Waals surface area contributed by atoms with E-state index in [1.165, 1.54) is 17.4 Å². The van der Waals surface area contributed by atoms with Crippen LogP contribution in [0.15, 0.2) is 14.8 Å². The monoisotopic (exact) mass is 439 g/mol. The summed E-state index contributed by atoms with van der Waals surface area (Å²) in [6.45, 7) is 8.33. The molecule has 0 fully saturated rings. The van der Waals surface area contributed by atoms with Gasteiger partial charge in [0, 0.05) is 14.7 Å². The molecular formula is C11H17Br2N4OSSi+. The van der Waals surface area contributed by atoms with Crippen molar-refractivity contribution in [3.8, 4) is 10.7 Å². The molecule has 9 heteroatoms. The Hall–Kier alpha value is -0.0931. The van der Waals surface area contributed by atoms with Gasteiger partial charge in [-0.1, -0.05) is 19.6 Å². The van der Waals surface area contributed by atoms with Gasteiger partial charge in [0.2, 0.25) is 6.73 Å². The zero-order valence-corrected chi connectivity index (χ0v) is 16.6. The Morgan fingerprint density at radius 2 is 2.15 bits per heavy atom. The molecule has 0 unspecified atom stereocenters. The van der Waals surface area contributed by atoms with E-state index >= 15 is 0 Å². The largest absolute Gasteiger partial charge is 0.341 e. The first-order chi connectivity index (χ1) is 9.35. The number of nitrogens with zero attached hydrogens (tertiary/aromatic N) is 3. The van der Waals surface area contributed by atoms with Gasteiger partial charge in [0.05, 0.1) is 0 Å². The van der Waals surface area contributed by atoms with Crippen LogP contribution in [0, 0.1) is 0 Å². The molecule has 0 saturated carbocycles. The highest BCUT2D eigenvalue weighted by atomic mass is 79.9. The van der Waals surface area contributed by atoms with Gasteiger partial charge in [0.1, 0.15) is 9.48 Å².